The standard InChI is InChI=1S/C13H22N2O/c1-3-4-9-16-10-8-15-12(2)13-6-5-7-14-11-13/h5-7,11-12,15H,3-4,8-10H2,1-2H3/t12-/m1/s1. The first-order chi connectivity index (χ1) is 7.84. The van der Waals surface area contributed by atoms with Gasteiger partial charge in [-0.1, -0.05) is 19.4 Å². The molecule has 3 heteroatoms. The number of unbranched alkanes of at least 4 members (excludes halogenated alkanes) is 1. The molecule has 0 radical (unpaired) electrons. The molecule has 0 saturated heterocycles. The monoisotopic (exact) mass is 222 g/mol. The summed E-state index contributed by atoms with van der Waals surface area (Å²) in [4.78, 5) is 4.10. The predicted molar refractivity (Wildman–Crippen MR) is 66.4 cm³/mol. The van der Waals surface area contributed by atoms with Crippen LogP contribution in [-0.4, -0.2) is 24.7 Å². The van der Waals surface area contributed by atoms with E-state index in [1.165, 1.54) is 12.0 Å². The Bertz CT molecular complexity index is 264. The molecule has 0 aromatic carbocycles. The van der Waals surface area contributed by atoms with Crippen molar-refractivity contribution in [3.05, 3.63) is 30.1 Å². The SMILES string of the molecule is CCCCOCCN[C@H](C)c1cccnc1. The summed E-state index contributed by atoms with van der Waals surface area (Å²) in [6, 6.07) is 4.39. The molecule has 1 rings (SSSR count). The first-order valence-electron chi connectivity index (χ1n) is 6.05. The van der Waals surface area contributed by atoms with Crippen molar-refractivity contribution in [2.75, 3.05) is 19.8 Å². The van der Waals surface area contributed by atoms with E-state index >= 15 is 0 Å². The largest absolute Gasteiger partial charge is 0.380 e. The lowest BCUT2D eigenvalue weighted by Gasteiger charge is -2.13. The molecule has 0 saturated carbocycles. The van der Waals surface area contributed by atoms with Crippen LogP contribution in [0.2, 0.25) is 0 Å². The van der Waals surface area contributed by atoms with Crippen LogP contribution < -0.4 is 5.32 Å². The topological polar surface area (TPSA) is 34.1 Å². The molecule has 1 heterocycles. The molecule has 1 atom stereocenters. The van der Waals surface area contributed by atoms with Crippen LogP contribution in [0.25, 0.3) is 0 Å². The Labute approximate surface area is 98.2 Å². The molecular weight excluding hydrogens is 200 g/mol. The van der Waals surface area contributed by atoms with Crippen molar-refractivity contribution in [3.8, 4) is 0 Å². The average molecular weight is 222 g/mol. The Kier molecular flexibility index (Phi) is 6.77. The molecule has 1 aromatic heterocycles. The van der Waals surface area contributed by atoms with Gasteiger partial charge < -0.3 is 10.1 Å². The van der Waals surface area contributed by atoms with E-state index in [1.807, 2.05) is 12.3 Å². The van der Waals surface area contributed by atoms with Crippen LogP contribution in [0.4, 0.5) is 0 Å². The maximum absolute atomic E-state index is 5.48. The number of aromatic nitrogens is 1. The zero-order valence-corrected chi connectivity index (χ0v) is 10.3. The quantitative estimate of drug-likeness (QED) is 0.686. The molecule has 0 aliphatic carbocycles. The van der Waals surface area contributed by atoms with Gasteiger partial charge in [-0.15, -0.1) is 0 Å². The molecule has 0 aliphatic rings. The first kappa shape index (κ1) is 13.1. The number of nitrogens with zero attached hydrogens (tertiary/aromatic N) is 1. The molecule has 0 amide bonds. The van der Waals surface area contributed by atoms with Crippen molar-refractivity contribution in [2.24, 2.45) is 0 Å². The maximum Gasteiger partial charge on any atom is 0.0591 e. The molecule has 0 spiro atoms. The lowest BCUT2D eigenvalue weighted by atomic mass is 10.1. The number of hydrogen-bond acceptors (Lipinski definition) is 3. The van der Waals surface area contributed by atoms with E-state index in [4.69, 9.17) is 4.74 Å². The highest BCUT2D eigenvalue weighted by Crippen LogP contribution is 2.08. The molecule has 0 unspecified atom stereocenters. The summed E-state index contributed by atoms with van der Waals surface area (Å²) >= 11 is 0. The van der Waals surface area contributed by atoms with Gasteiger partial charge in [0.25, 0.3) is 0 Å². The summed E-state index contributed by atoms with van der Waals surface area (Å²) in [5.74, 6) is 0. The Balaban J connectivity index is 2.09. The molecule has 90 valence electrons. The van der Waals surface area contributed by atoms with Crippen molar-refractivity contribution in [2.45, 2.75) is 32.7 Å². The van der Waals surface area contributed by atoms with E-state index in [2.05, 4.69) is 30.2 Å². The zero-order valence-electron chi connectivity index (χ0n) is 10.3. The number of pyridine rings is 1. The molecule has 1 aromatic rings. The minimum absolute atomic E-state index is 0.337. The Morgan fingerprint density at radius 1 is 1.44 bits per heavy atom. The highest BCUT2D eigenvalue weighted by Gasteiger charge is 2.02. The lowest BCUT2D eigenvalue weighted by molar-refractivity contribution is 0.131. The Hall–Kier alpha value is -0.930. The van der Waals surface area contributed by atoms with E-state index in [0.717, 1.165) is 26.2 Å². The fourth-order valence-electron chi connectivity index (χ4n) is 1.45. The van der Waals surface area contributed by atoms with Crippen molar-refractivity contribution >= 4 is 0 Å². The molecule has 0 bridgehead atoms. The highest BCUT2D eigenvalue weighted by molar-refractivity contribution is 5.12. The van der Waals surface area contributed by atoms with E-state index < -0.39 is 0 Å². The molecular formula is C13H22N2O. The summed E-state index contributed by atoms with van der Waals surface area (Å²) < 4.78 is 5.48. The fourth-order valence-corrected chi connectivity index (χ4v) is 1.45. The maximum atomic E-state index is 5.48. The molecule has 1 N–H and O–H groups in total. The number of ether oxygens (including phenoxy) is 1. The van der Waals surface area contributed by atoms with E-state index in [9.17, 15) is 0 Å². The second kappa shape index (κ2) is 8.25. The molecule has 0 aliphatic heterocycles. The highest BCUT2D eigenvalue weighted by atomic mass is 16.5. The third kappa shape index (κ3) is 5.24. The van der Waals surface area contributed by atoms with Crippen LogP contribution in [0, 0.1) is 0 Å². The van der Waals surface area contributed by atoms with Gasteiger partial charge in [-0.2, -0.15) is 0 Å². The normalized spacial score (nSPS) is 12.6. The second-order valence-corrected chi connectivity index (χ2v) is 3.93. The molecule has 16 heavy (non-hydrogen) atoms. The van der Waals surface area contributed by atoms with Crippen molar-refractivity contribution in [3.63, 3.8) is 0 Å². The van der Waals surface area contributed by atoms with Gasteiger partial charge in [-0.25, -0.2) is 0 Å². The van der Waals surface area contributed by atoms with Crippen LogP contribution in [0.5, 0.6) is 0 Å². The molecule has 3 nitrogen and oxygen atoms in total. The van der Waals surface area contributed by atoms with Crippen LogP contribution in [0.1, 0.15) is 38.3 Å². The van der Waals surface area contributed by atoms with Crippen LogP contribution in [0.15, 0.2) is 24.5 Å². The van der Waals surface area contributed by atoms with Gasteiger partial charge in [-0.3, -0.25) is 4.98 Å². The Morgan fingerprint density at radius 3 is 3.00 bits per heavy atom. The van der Waals surface area contributed by atoms with Gasteiger partial charge in [0, 0.05) is 31.6 Å². The third-order valence-corrected chi connectivity index (χ3v) is 2.52. The lowest BCUT2D eigenvalue weighted by Crippen LogP contribution is -2.23. The second-order valence-electron chi connectivity index (χ2n) is 3.93. The molecule has 0 fully saturated rings. The fraction of sp³-hybridized carbons (Fsp3) is 0.615. The van der Waals surface area contributed by atoms with Crippen molar-refractivity contribution in [1.82, 2.24) is 10.3 Å². The van der Waals surface area contributed by atoms with Crippen LogP contribution in [0.3, 0.4) is 0 Å². The number of hydrogen-bond donors (Lipinski definition) is 1. The minimum atomic E-state index is 0.337. The van der Waals surface area contributed by atoms with E-state index in [1.54, 1.807) is 6.20 Å². The van der Waals surface area contributed by atoms with Gasteiger partial charge in [0.1, 0.15) is 0 Å². The van der Waals surface area contributed by atoms with Gasteiger partial charge in [-0.05, 0) is 25.0 Å². The minimum Gasteiger partial charge on any atom is -0.380 e. The summed E-state index contributed by atoms with van der Waals surface area (Å²) in [7, 11) is 0. The van der Waals surface area contributed by atoms with Gasteiger partial charge in [0.15, 0.2) is 0 Å². The average Bonchev–Trinajstić information content (AvgIpc) is 2.34. The number of nitrogens with one attached hydrogen (secondary N) is 1. The summed E-state index contributed by atoms with van der Waals surface area (Å²) in [5, 5.41) is 3.41. The smallest absolute Gasteiger partial charge is 0.0591 e. The van der Waals surface area contributed by atoms with Crippen molar-refractivity contribution in [1.29, 1.82) is 0 Å². The van der Waals surface area contributed by atoms with E-state index in [0.29, 0.717) is 6.04 Å². The third-order valence-electron chi connectivity index (χ3n) is 2.52. The van der Waals surface area contributed by atoms with Crippen LogP contribution >= 0.6 is 0 Å². The zero-order chi connectivity index (χ0) is 11.6. The Morgan fingerprint density at radius 2 is 2.31 bits per heavy atom. The van der Waals surface area contributed by atoms with Gasteiger partial charge in [0.2, 0.25) is 0 Å². The summed E-state index contributed by atoms with van der Waals surface area (Å²) in [6.07, 6.45) is 6.04. The predicted octanol–water partition coefficient (Wildman–Crippen LogP) is 2.55. The summed E-state index contributed by atoms with van der Waals surface area (Å²) in [6.45, 7) is 6.86. The van der Waals surface area contributed by atoms with Crippen molar-refractivity contribution < 1.29 is 4.74 Å². The van der Waals surface area contributed by atoms with E-state index in [-0.39, 0.29) is 0 Å². The van der Waals surface area contributed by atoms with Gasteiger partial charge in [0.05, 0.1) is 6.61 Å². The van der Waals surface area contributed by atoms with Crippen LogP contribution in [-0.2, 0) is 4.74 Å². The number of rotatable bonds is 8. The first-order valence-corrected chi connectivity index (χ1v) is 6.05. The van der Waals surface area contributed by atoms with Gasteiger partial charge >= 0.3 is 0 Å². The summed E-state index contributed by atoms with van der Waals surface area (Å²) in [5.41, 5.74) is 1.22.